The lowest BCUT2D eigenvalue weighted by Crippen LogP contribution is -2.32. The third-order valence-corrected chi connectivity index (χ3v) is 2.65. The Labute approximate surface area is 119 Å². The van der Waals surface area contributed by atoms with E-state index in [2.05, 4.69) is 5.32 Å². The molecule has 0 fully saturated rings. The predicted molar refractivity (Wildman–Crippen MR) is 74.9 cm³/mol. The van der Waals surface area contributed by atoms with Crippen LogP contribution in [0.15, 0.2) is 30.3 Å². The predicted octanol–water partition coefficient (Wildman–Crippen LogP) is 1.52. The largest absolute Gasteiger partial charge is 0.465 e. The molecule has 5 heteroatoms. The van der Waals surface area contributed by atoms with E-state index in [0.29, 0.717) is 13.2 Å². The normalized spacial score (nSPS) is 11.7. The van der Waals surface area contributed by atoms with Gasteiger partial charge in [-0.2, -0.15) is 0 Å². The first kappa shape index (κ1) is 16.2. The van der Waals surface area contributed by atoms with Crippen LogP contribution in [0.1, 0.15) is 19.4 Å². The molecule has 0 amide bonds. The summed E-state index contributed by atoms with van der Waals surface area (Å²) in [6.07, 6.45) is 0. The Hall–Kier alpha value is -1.88. The quantitative estimate of drug-likeness (QED) is 0.731. The van der Waals surface area contributed by atoms with Crippen LogP contribution in [0.4, 0.5) is 0 Å². The third-order valence-electron chi connectivity index (χ3n) is 2.65. The number of rotatable bonds is 8. The Morgan fingerprint density at radius 3 is 2.55 bits per heavy atom. The number of benzene rings is 1. The summed E-state index contributed by atoms with van der Waals surface area (Å²) in [5, 5.41) is 2.87. The van der Waals surface area contributed by atoms with E-state index in [1.807, 2.05) is 30.3 Å². The van der Waals surface area contributed by atoms with Crippen LogP contribution in [-0.2, 0) is 25.7 Å². The van der Waals surface area contributed by atoms with E-state index < -0.39 is 0 Å². The lowest BCUT2D eigenvalue weighted by Gasteiger charge is -2.12. The molecule has 5 nitrogen and oxygen atoms in total. The monoisotopic (exact) mass is 279 g/mol. The average Bonchev–Trinajstić information content (AvgIpc) is 2.46. The number of ether oxygens (including phenoxy) is 2. The maximum absolute atomic E-state index is 11.7. The van der Waals surface area contributed by atoms with Crippen molar-refractivity contribution in [2.75, 3.05) is 19.7 Å². The van der Waals surface area contributed by atoms with Gasteiger partial charge in [-0.1, -0.05) is 37.3 Å². The van der Waals surface area contributed by atoms with Gasteiger partial charge in [0, 0.05) is 6.54 Å². The Morgan fingerprint density at radius 2 is 1.90 bits per heavy atom. The molecule has 1 aromatic carbocycles. The molecule has 1 N–H and O–H groups in total. The Bertz CT molecular complexity index is 419. The van der Waals surface area contributed by atoms with Crippen molar-refractivity contribution in [2.24, 2.45) is 5.92 Å². The number of carbonyl (C=O) groups excluding carboxylic acids is 2. The second-order valence-electron chi connectivity index (χ2n) is 4.43. The summed E-state index contributed by atoms with van der Waals surface area (Å²) in [5.41, 5.74) is 0.951. The van der Waals surface area contributed by atoms with Crippen molar-refractivity contribution in [3.05, 3.63) is 35.9 Å². The van der Waals surface area contributed by atoms with Crippen molar-refractivity contribution in [3.8, 4) is 0 Å². The van der Waals surface area contributed by atoms with Gasteiger partial charge in [-0.15, -0.1) is 0 Å². The van der Waals surface area contributed by atoms with Gasteiger partial charge >= 0.3 is 11.9 Å². The molecule has 0 saturated carbocycles. The highest BCUT2D eigenvalue weighted by atomic mass is 16.5. The maximum atomic E-state index is 11.7. The highest BCUT2D eigenvalue weighted by Gasteiger charge is 2.14. The summed E-state index contributed by atoms with van der Waals surface area (Å²) >= 11 is 0. The minimum atomic E-state index is -0.322. The van der Waals surface area contributed by atoms with Crippen molar-refractivity contribution in [1.29, 1.82) is 0 Å². The molecular formula is C15H21NO4. The molecule has 0 bridgehead atoms. The standard InChI is InChI=1S/C15H21NO4/c1-3-19-14(17)10-16-9-12(2)15(18)20-11-13-7-5-4-6-8-13/h4-8,12,16H,3,9-11H2,1-2H3. The summed E-state index contributed by atoms with van der Waals surface area (Å²) < 4.78 is 9.97. The summed E-state index contributed by atoms with van der Waals surface area (Å²) in [5.74, 6) is -0.921. The first-order valence-electron chi connectivity index (χ1n) is 6.70. The van der Waals surface area contributed by atoms with Gasteiger partial charge in [0.05, 0.1) is 19.1 Å². The highest BCUT2D eigenvalue weighted by Crippen LogP contribution is 2.04. The minimum absolute atomic E-state index is 0.101. The zero-order valence-corrected chi connectivity index (χ0v) is 11.9. The van der Waals surface area contributed by atoms with Gasteiger partial charge in [-0.3, -0.25) is 9.59 Å². The third kappa shape index (κ3) is 6.33. The van der Waals surface area contributed by atoms with Crippen molar-refractivity contribution >= 4 is 11.9 Å². The molecule has 0 saturated heterocycles. The lowest BCUT2D eigenvalue weighted by molar-refractivity contribution is -0.149. The molecule has 0 spiro atoms. The van der Waals surface area contributed by atoms with E-state index in [0.717, 1.165) is 5.56 Å². The van der Waals surface area contributed by atoms with Crippen LogP contribution in [0.3, 0.4) is 0 Å². The molecule has 0 aliphatic carbocycles. The van der Waals surface area contributed by atoms with Crippen molar-refractivity contribution in [3.63, 3.8) is 0 Å². The van der Waals surface area contributed by atoms with Gasteiger partial charge in [0.2, 0.25) is 0 Å². The summed E-state index contributed by atoms with van der Waals surface area (Å²) in [4.78, 5) is 22.8. The van der Waals surface area contributed by atoms with E-state index in [1.165, 1.54) is 0 Å². The second-order valence-corrected chi connectivity index (χ2v) is 4.43. The fourth-order valence-corrected chi connectivity index (χ4v) is 1.56. The molecule has 20 heavy (non-hydrogen) atoms. The SMILES string of the molecule is CCOC(=O)CNCC(C)C(=O)OCc1ccccc1. The van der Waals surface area contributed by atoms with E-state index in [4.69, 9.17) is 9.47 Å². The summed E-state index contributed by atoms with van der Waals surface area (Å²) in [7, 11) is 0. The molecule has 0 aromatic heterocycles. The van der Waals surface area contributed by atoms with Gasteiger partial charge < -0.3 is 14.8 Å². The molecule has 110 valence electrons. The Balaban J connectivity index is 2.21. The molecule has 1 rings (SSSR count). The Morgan fingerprint density at radius 1 is 1.20 bits per heavy atom. The Kier molecular flexibility index (Phi) is 7.35. The van der Waals surface area contributed by atoms with Gasteiger partial charge in [0.15, 0.2) is 0 Å². The van der Waals surface area contributed by atoms with E-state index in [-0.39, 0.29) is 31.0 Å². The van der Waals surface area contributed by atoms with Crippen molar-refractivity contribution < 1.29 is 19.1 Å². The molecule has 1 atom stereocenters. The fourth-order valence-electron chi connectivity index (χ4n) is 1.56. The molecule has 0 aliphatic rings. The first-order valence-corrected chi connectivity index (χ1v) is 6.70. The maximum Gasteiger partial charge on any atom is 0.319 e. The number of hydrogen-bond acceptors (Lipinski definition) is 5. The van der Waals surface area contributed by atoms with Crippen molar-refractivity contribution in [1.82, 2.24) is 5.32 Å². The highest BCUT2D eigenvalue weighted by molar-refractivity contribution is 5.73. The van der Waals surface area contributed by atoms with Crippen LogP contribution in [0.2, 0.25) is 0 Å². The zero-order chi connectivity index (χ0) is 14.8. The van der Waals surface area contributed by atoms with Crippen LogP contribution in [-0.4, -0.2) is 31.6 Å². The lowest BCUT2D eigenvalue weighted by atomic mass is 10.2. The van der Waals surface area contributed by atoms with E-state index in [9.17, 15) is 9.59 Å². The molecule has 1 unspecified atom stereocenters. The zero-order valence-electron chi connectivity index (χ0n) is 11.9. The number of esters is 2. The molecular weight excluding hydrogens is 258 g/mol. The minimum Gasteiger partial charge on any atom is -0.465 e. The first-order chi connectivity index (χ1) is 9.63. The van der Waals surface area contributed by atoms with Gasteiger partial charge in [0.1, 0.15) is 6.61 Å². The van der Waals surface area contributed by atoms with Crippen molar-refractivity contribution in [2.45, 2.75) is 20.5 Å². The van der Waals surface area contributed by atoms with E-state index in [1.54, 1.807) is 13.8 Å². The van der Waals surface area contributed by atoms with Crippen LogP contribution in [0, 0.1) is 5.92 Å². The molecule has 0 heterocycles. The fraction of sp³-hybridized carbons (Fsp3) is 0.467. The van der Waals surface area contributed by atoms with Crippen LogP contribution in [0.25, 0.3) is 0 Å². The molecule has 1 aromatic rings. The topological polar surface area (TPSA) is 64.6 Å². The molecule has 0 radical (unpaired) electrons. The second kappa shape index (κ2) is 9.09. The van der Waals surface area contributed by atoms with Crippen LogP contribution in [0.5, 0.6) is 0 Å². The van der Waals surface area contributed by atoms with Crippen LogP contribution >= 0.6 is 0 Å². The average molecular weight is 279 g/mol. The molecule has 0 aliphatic heterocycles. The summed E-state index contributed by atoms with van der Waals surface area (Å²) in [6, 6.07) is 9.50. The number of carbonyl (C=O) groups is 2. The number of hydrogen-bond donors (Lipinski definition) is 1. The van der Waals surface area contributed by atoms with E-state index >= 15 is 0 Å². The van der Waals surface area contributed by atoms with Gasteiger partial charge in [-0.25, -0.2) is 0 Å². The smallest absolute Gasteiger partial charge is 0.319 e. The van der Waals surface area contributed by atoms with Gasteiger partial charge in [-0.05, 0) is 12.5 Å². The van der Waals surface area contributed by atoms with Gasteiger partial charge in [0.25, 0.3) is 0 Å². The van der Waals surface area contributed by atoms with Crippen LogP contribution < -0.4 is 5.32 Å². The number of nitrogens with one attached hydrogen (secondary N) is 1. The summed E-state index contributed by atoms with van der Waals surface area (Å²) in [6.45, 7) is 4.61.